The Morgan fingerprint density at radius 1 is 0.941 bits per heavy atom. The van der Waals surface area contributed by atoms with Crippen molar-refractivity contribution in [2.45, 2.75) is 19.3 Å². The average molecular weight is 222 g/mol. The summed E-state index contributed by atoms with van der Waals surface area (Å²) in [5.74, 6) is 0. The van der Waals surface area contributed by atoms with Gasteiger partial charge < -0.3 is 0 Å². The molecule has 17 heavy (non-hydrogen) atoms. The van der Waals surface area contributed by atoms with Crippen molar-refractivity contribution in [1.82, 2.24) is 9.97 Å². The Kier molecular flexibility index (Phi) is 2.70. The third kappa shape index (κ3) is 2.11. The molecule has 0 atom stereocenters. The van der Waals surface area contributed by atoms with E-state index >= 15 is 0 Å². The minimum absolute atomic E-state index is 1.05. The van der Waals surface area contributed by atoms with Crippen molar-refractivity contribution < 1.29 is 0 Å². The number of benzene rings is 1. The number of hydrogen-bond acceptors (Lipinski definition) is 2. The van der Waals surface area contributed by atoms with Crippen LogP contribution in [0.1, 0.15) is 29.8 Å². The molecule has 0 saturated heterocycles. The van der Waals surface area contributed by atoms with Crippen LogP contribution < -0.4 is 0 Å². The molecule has 2 aromatic rings. The van der Waals surface area contributed by atoms with E-state index in [1.807, 2.05) is 6.07 Å². The van der Waals surface area contributed by atoms with Gasteiger partial charge in [-0.1, -0.05) is 30.3 Å². The van der Waals surface area contributed by atoms with Crippen LogP contribution in [0.5, 0.6) is 0 Å². The Morgan fingerprint density at radius 3 is 2.65 bits per heavy atom. The molecule has 3 rings (SSSR count). The second kappa shape index (κ2) is 4.50. The van der Waals surface area contributed by atoms with Crippen LogP contribution in [0.3, 0.4) is 0 Å². The summed E-state index contributed by atoms with van der Waals surface area (Å²) < 4.78 is 0. The maximum Gasteiger partial charge on any atom is 0.0877 e. The van der Waals surface area contributed by atoms with Gasteiger partial charge >= 0.3 is 0 Å². The predicted octanol–water partition coefficient (Wildman–Crippen LogP) is 3.35. The summed E-state index contributed by atoms with van der Waals surface area (Å²) >= 11 is 0. The monoisotopic (exact) mass is 222 g/mol. The maximum atomic E-state index is 4.47. The summed E-state index contributed by atoms with van der Waals surface area (Å²) in [4.78, 5) is 8.87. The molecule has 0 fully saturated rings. The highest BCUT2D eigenvalue weighted by atomic mass is 14.8. The van der Waals surface area contributed by atoms with Crippen LogP contribution >= 0.6 is 0 Å². The molecule has 2 heteroatoms. The van der Waals surface area contributed by atoms with Gasteiger partial charge in [-0.3, -0.25) is 9.97 Å². The van der Waals surface area contributed by atoms with Gasteiger partial charge in [0.15, 0.2) is 0 Å². The predicted molar refractivity (Wildman–Crippen MR) is 69.3 cm³/mol. The summed E-state index contributed by atoms with van der Waals surface area (Å²) in [5.41, 5.74) is 4.77. The first-order valence-corrected chi connectivity index (χ1v) is 5.99. The highest BCUT2D eigenvalue weighted by molar-refractivity contribution is 5.81. The molecule has 0 unspecified atom stereocenters. The van der Waals surface area contributed by atoms with Gasteiger partial charge in [0.05, 0.1) is 11.4 Å². The van der Waals surface area contributed by atoms with Crippen LogP contribution in [0.4, 0.5) is 0 Å². The molecule has 1 aliphatic rings. The van der Waals surface area contributed by atoms with Gasteiger partial charge in [0.1, 0.15) is 0 Å². The van der Waals surface area contributed by atoms with Crippen LogP contribution in [-0.4, -0.2) is 9.97 Å². The molecule has 1 aliphatic carbocycles. The molecule has 0 bridgehead atoms. The fourth-order valence-electron chi connectivity index (χ4n) is 2.27. The van der Waals surface area contributed by atoms with Gasteiger partial charge in [-0.05, 0) is 36.5 Å². The van der Waals surface area contributed by atoms with E-state index in [0.29, 0.717) is 0 Å². The number of rotatable bonds is 1. The molecular weight excluding hydrogens is 208 g/mol. The molecule has 1 aromatic heterocycles. The molecule has 1 aromatic carbocycles. The standard InChI is InChI=1S/C15H14N2/c1-2-5-12(6-3-1)11-13-7-4-8-14-15(13)17-10-9-16-14/h1-3,5-6,9-11H,4,7-8H2/b13-11-. The van der Waals surface area contributed by atoms with Crippen LogP contribution in [0.15, 0.2) is 42.7 Å². The number of fused-ring (bicyclic) bond motifs is 1. The van der Waals surface area contributed by atoms with E-state index in [1.54, 1.807) is 12.4 Å². The van der Waals surface area contributed by atoms with E-state index in [9.17, 15) is 0 Å². The zero-order valence-electron chi connectivity index (χ0n) is 9.63. The van der Waals surface area contributed by atoms with Crippen LogP contribution in [0.25, 0.3) is 11.6 Å². The topological polar surface area (TPSA) is 25.8 Å². The zero-order valence-corrected chi connectivity index (χ0v) is 9.63. The Balaban J connectivity index is 2.03. The van der Waals surface area contributed by atoms with Crippen LogP contribution in [0.2, 0.25) is 0 Å². The van der Waals surface area contributed by atoms with E-state index in [4.69, 9.17) is 0 Å². The molecule has 0 N–H and O–H groups in total. The molecular formula is C15H14N2. The molecule has 0 aliphatic heterocycles. The van der Waals surface area contributed by atoms with Gasteiger partial charge in [0.2, 0.25) is 0 Å². The second-order valence-electron chi connectivity index (χ2n) is 4.29. The molecule has 0 spiro atoms. The fraction of sp³-hybridized carbons (Fsp3) is 0.200. The third-order valence-corrected chi connectivity index (χ3v) is 3.08. The Hall–Kier alpha value is -1.96. The lowest BCUT2D eigenvalue weighted by Gasteiger charge is -2.16. The molecule has 1 heterocycles. The number of aromatic nitrogens is 2. The fourth-order valence-corrected chi connectivity index (χ4v) is 2.27. The minimum Gasteiger partial charge on any atom is -0.257 e. The Morgan fingerprint density at radius 2 is 1.76 bits per heavy atom. The lowest BCUT2D eigenvalue weighted by atomic mass is 9.93. The highest BCUT2D eigenvalue weighted by Crippen LogP contribution is 2.29. The first-order chi connectivity index (χ1) is 8.43. The van der Waals surface area contributed by atoms with Crippen molar-refractivity contribution in [2.24, 2.45) is 0 Å². The number of aryl methyl sites for hydroxylation is 1. The van der Waals surface area contributed by atoms with E-state index in [2.05, 4.69) is 40.3 Å². The number of hydrogen-bond donors (Lipinski definition) is 0. The van der Waals surface area contributed by atoms with Crippen molar-refractivity contribution in [1.29, 1.82) is 0 Å². The van der Waals surface area contributed by atoms with Crippen molar-refractivity contribution in [3.63, 3.8) is 0 Å². The molecule has 0 saturated carbocycles. The summed E-state index contributed by atoms with van der Waals surface area (Å²) in [6.07, 6.45) is 9.11. The number of allylic oxidation sites excluding steroid dienone is 1. The summed E-state index contributed by atoms with van der Waals surface area (Å²) in [6.45, 7) is 0. The van der Waals surface area contributed by atoms with E-state index < -0.39 is 0 Å². The summed E-state index contributed by atoms with van der Waals surface area (Å²) in [7, 11) is 0. The largest absolute Gasteiger partial charge is 0.257 e. The van der Waals surface area contributed by atoms with Gasteiger partial charge in [0, 0.05) is 12.4 Å². The van der Waals surface area contributed by atoms with Gasteiger partial charge in [-0.25, -0.2) is 0 Å². The van der Waals surface area contributed by atoms with E-state index in [1.165, 1.54) is 17.6 Å². The molecule has 2 nitrogen and oxygen atoms in total. The first kappa shape index (κ1) is 10.2. The molecule has 84 valence electrons. The zero-order chi connectivity index (χ0) is 11.5. The lowest BCUT2D eigenvalue weighted by Crippen LogP contribution is -2.06. The van der Waals surface area contributed by atoms with E-state index in [-0.39, 0.29) is 0 Å². The Bertz CT molecular complexity index is 544. The van der Waals surface area contributed by atoms with Crippen LogP contribution in [-0.2, 0) is 6.42 Å². The van der Waals surface area contributed by atoms with Gasteiger partial charge in [-0.15, -0.1) is 0 Å². The van der Waals surface area contributed by atoms with Crippen molar-refractivity contribution in [3.8, 4) is 0 Å². The molecule has 0 radical (unpaired) electrons. The minimum atomic E-state index is 1.05. The number of nitrogens with zero attached hydrogens (tertiary/aromatic N) is 2. The summed E-state index contributed by atoms with van der Waals surface area (Å²) in [5, 5.41) is 0. The lowest BCUT2D eigenvalue weighted by molar-refractivity contribution is 0.779. The van der Waals surface area contributed by atoms with E-state index in [0.717, 1.165) is 24.2 Å². The summed E-state index contributed by atoms with van der Waals surface area (Å²) in [6, 6.07) is 10.4. The Labute approximate surface area is 101 Å². The first-order valence-electron chi connectivity index (χ1n) is 5.99. The normalized spacial score (nSPS) is 16.8. The smallest absolute Gasteiger partial charge is 0.0877 e. The second-order valence-corrected chi connectivity index (χ2v) is 4.29. The van der Waals surface area contributed by atoms with Gasteiger partial charge in [0.25, 0.3) is 0 Å². The quantitative estimate of drug-likeness (QED) is 0.739. The van der Waals surface area contributed by atoms with Gasteiger partial charge in [-0.2, -0.15) is 0 Å². The maximum absolute atomic E-state index is 4.47. The van der Waals surface area contributed by atoms with Crippen LogP contribution in [0, 0.1) is 0 Å². The van der Waals surface area contributed by atoms with Crippen molar-refractivity contribution in [3.05, 3.63) is 59.7 Å². The van der Waals surface area contributed by atoms with Crippen molar-refractivity contribution in [2.75, 3.05) is 0 Å². The SMILES string of the molecule is C(=C1\CCCc2nccnc21)/c1ccccc1. The molecule has 0 amide bonds. The third-order valence-electron chi connectivity index (χ3n) is 3.08. The van der Waals surface area contributed by atoms with Crippen molar-refractivity contribution >= 4 is 11.6 Å². The highest BCUT2D eigenvalue weighted by Gasteiger charge is 2.15. The average Bonchev–Trinajstić information content (AvgIpc) is 2.40.